The van der Waals surface area contributed by atoms with Gasteiger partial charge in [0, 0.05) is 17.0 Å². The summed E-state index contributed by atoms with van der Waals surface area (Å²) >= 11 is 5.21. The molecule has 0 aliphatic heterocycles. The first-order valence-corrected chi connectivity index (χ1v) is 8.29. The quantitative estimate of drug-likeness (QED) is 0.803. The molecule has 0 spiro atoms. The van der Waals surface area contributed by atoms with Crippen LogP contribution in [0.15, 0.2) is 22.2 Å². The topological polar surface area (TPSA) is 49.8 Å². The maximum absolute atomic E-state index is 4.40. The van der Waals surface area contributed by atoms with E-state index in [1.54, 1.807) is 17.7 Å². The van der Waals surface area contributed by atoms with Crippen molar-refractivity contribution in [2.24, 2.45) is 0 Å². The number of rotatable bonds is 6. The minimum Gasteiger partial charge on any atom is -0.370 e. The van der Waals surface area contributed by atoms with Crippen LogP contribution in [0.5, 0.6) is 0 Å². The van der Waals surface area contributed by atoms with Crippen LogP contribution in [0.2, 0.25) is 0 Å². The predicted molar refractivity (Wildman–Crippen MR) is 89.6 cm³/mol. The van der Waals surface area contributed by atoms with Gasteiger partial charge in [-0.15, -0.1) is 11.3 Å². The Balaban J connectivity index is 2.19. The molecule has 4 nitrogen and oxygen atoms in total. The first-order chi connectivity index (χ1) is 9.61. The van der Waals surface area contributed by atoms with E-state index in [4.69, 9.17) is 0 Å². The highest BCUT2D eigenvalue weighted by molar-refractivity contribution is 9.11. The molecule has 108 valence electrons. The zero-order chi connectivity index (χ0) is 14.5. The second kappa shape index (κ2) is 7.04. The van der Waals surface area contributed by atoms with Crippen LogP contribution in [-0.4, -0.2) is 16.5 Å². The van der Waals surface area contributed by atoms with E-state index in [1.165, 1.54) is 4.88 Å². The number of thiophene rings is 1. The first-order valence-electron chi connectivity index (χ1n) is 6.68. The van der Waals surface area contributed by atoms with Crippen LogP contribution in [0.1, 0.15) is 37.1 Å². The van der Waals surface area contributed by atoms with Crippen molar-refractivity contribution in [3.05, 3.63) is 32.7 Å². The molecule has 0 saturated heterocycles. The SMILES string of the molecule is CCNc1ncnc(NCc2ccc(Br)s2)c1C(C)C. The van der Waals surface area contributed by atoms with Crippen molar-refractivity contribution in [2.45, 2.75) is 33.2 Å². The molecule has 2 aromatic heterocycles. The van der Waals surface area contributed by atoms with Crippen molar-refractivity contribution in [3.8, 4) is 0 Å². The molecule has 2 rings (SSSR count). The molecule has 0 aliphatic carbocycles. The molecular formula is C14H19BrN4S. The molecule has 0 fully saturated rings. The van der Waals surface area contributed by atoms with Gasteiger partial charge >= 0.3 is 0 Å². The molecule has 2 heterocycles. The van der Waals surface area contributed by atoms with Gasteiger partial charge in [0.25, 0.3) is 0 Å². The summed E-state index contributed by atoms with van der Waals surface area (Å²) in [5.74, 6) is 2.20. The van der Waals surface area contributed by atoms with Gasteiger partial charge in [0.15, 0.2) is 0 Å². The maximum Gasteiger partial charge on any atom is 0.135 e. The molecule has 0 bridgehead atoms. The van der Waals surface area contributed by atoms with Crippen molar-refractivity contribution in [2.75, 3.05) is 17.2 Å². The Morgan fingerprint density at radius 3 is 2.45 bits per heavy atom. The molecule has 0 aliphatic rings. The van der Waals surface area contributed by atoms with Crippen LogP contribution in [0.4, 0.5) is 11.6 Å². The standard InChI is InChI=1S/C14H19BrN4S/c1-4-16-13-12(9(2)3)14(19-8-18-13)17-7-10-5-6-11(15)20-10/h5-6,8-9H,4,7H2,1-3H3,(H2,16,17,18,19). The summed E-state index contributed by atoms with van der Waals surface area (Å²) in [7, 11) is 0. The van der Waals surface area contributed by atoms with Crippen LogP contribution >= 0.6 is 27.3 Å². The van der Waals surface area contributed by atoms with Gasteiger partial charge in [0.05, 0.1) is 10.3 Å². The van der Waals surface area contributed by atoms with Gasteiger partial charge in [-0.25, -0.2) is 9.97 Å². The van der Waals surface area contributed by atoms with Gasteiger partial charge < -0.3 is 10.6 Å². The summed E-state index contributed by atoms with van der Waals surface area (Å²) in [4.78, 5) is 10.0. The number of halogens is 1. The number of nitrogens with zero attached hydrogens (tertiary/aromatic N) is 2. The Morgan fingerprint density at radius 2 is 1.90 bits per heavy atom. The lowest BCUT2D eigenvalue weighted by molar-refractivity contribution is 0.844. The highest BCUT2D eigenvalue weighted by Gasteiger charge is 2.14. The molecule has 0 unspecified atom stereocenters. The van der Waals surface area contributed by atoms with Crippen molar-refractivity contribution in [3.63, 3.8) is 0 Å². The molecule has 0 aromatic carbocycles. The van der Waals surface area contributed by atoms with E-state index in [0.29, 0.717) is 5.92 Å². The molecule has 20 heavy (non-hydrogen) atoms. The van der Waals surface area contributed by atoms with Crippen molar-refractivity contribution >= 4 is 38.9 Å². The highest BCUT2D eigenvalue weighted by Crippen LogP contribution is 2.29. The number of nitrogens with one attached hydrogen (secondary N) is 2. The van der Waals surface area contributed by atoms with Crippen molar-refractivity contribution in [1.29, 1.82) is 0 Å². The van der Waals surface area contributed by atoms with E-state index < -0.39 is 0 Å². The Hall–Kier alpha value is -1.14. The largest absolute Gasteiger partial charge is 0.370 e. The maximum atomic E-state index is 4.40. The molecule has 0 saturated carbocycles. The molecular weight excluding hydrogens is 336 g/mol. The van der Waals surface area contributed by atoms with Crippen LogP contribution < -0.4 is 10.6 Å². The van der Waals surface area contributed by atoms with Crippen molar-refractivity contribution in [1.82, 2.24) is 9.97 Å². The third-order valence-corrected chi connectivity index (χ3v) is 4.49. The Bertz CT molecular complexity index is 568. The second-order valence-corrected chi connectivity index (χ2v) is 7.28. The zero-order valence-electron chi connectivity index (χ0n) is 11.9. The second-order valence-electron chi connectivity index (χ2n) is 4.73. The smallest absolute Gasteiger partial charge is 0.135 e. The normalized spacial score (nSPS) is 10.8. The van der Waals surface area contributed by atoms with E-state index in [1.807, 2.05) is 0 Å². The lowest BCUT2D eigenvalue weighted by Crippen LogP contribution is -2.10. The summed E-state index contributed by atoms with van der Waals surface area (Å²) in [6.07, 6.45) is 1.61. The summed E-state index contributed by atoms with van der Waals surface area (Å²) in [6, 6.07) is 4.18. The van der Waals surface area contributed by atoms with Crippen LogP contribution in [-0.2, 0) is 6.54 Å². The van der Waals surface area contributed by atoms with E-state index >= 15 is 0 Å². The number of hydrogen-bond donors (Lipinski definition) is 2. The molecule has 0 atom stereocenters. The average Bonchev–Trinajstić information content (AvgIpc) is 2.82. The van der Waals surface area contributed by atoms with E-state index in [2.05, 4.69) is 69.4 Å². The van der Waals surface area contributed by atoms with Crippen LogP contribution in [0, 0.1) is 0 Å². The third kappa shape index (κ3) is 3.70. The molecule has 2 N–H and O–H groups in total. The summed E-state index contributed by atoms with van der Waals surface area (Å²) in [5.41, 5.74) is 1.14. The molecule has 0 amide bonds. The summed E-state index contributed by atoms with van der Waals surface area (Å²) < 4.78 is 1.15. The average molecular weight is 355 g/mol. The van der Waals surface area contributed by atoms with E-state index in [0.717, 1.165) is 34.1 Å². The number of aromatic nitrogens is 2. The lowest BCUT2D eigenvalue weighted by atomic mass is 10.0. The van der Waals surface area contributed by atoms with E-state index in [-0.39, 0.29) is 0 Å². The van der Waals surface area contributed by atoms with Gasteiger partial charge in [0.1, 0.15) is 18.0 Å². The summed E-state index contributed by atoms with van der Waals surface area (Å²) in [6.45, 7) is 8.02. The van der Waals surface area contributed by atoms with Gasteiger partial charge in [-0.05, 0) is 40.9 Å². The van der Waals surface area contributed by atoms with Gasteiger partial charge in [-0.2, -0.15) is 0 Å². The van der Waals surface area contributed by atoms with Crippen LogP contribution in [0.25, 0.3) is 0 Å². The third-order valence-electron chi connectivity index (χ3n) is 2.86. The minimum atomic E-state index is 0.364. The van der Waals surface area contributed by atoms with Gasteiger partial charge in [-0.3, -0.25) is 0 Å². The lowest BCUT2D eigenvalue weighted by Gasteiger charge is -2.17. The Morgan fingerprint density at radius 1 is 1.20 bits per heavy atom. The van der Waals surface area contributed by atoms with Gasteiger partial charge in [0.2, 0.25) is 0 Å². The van der Waals surface area contributed by atoms with Gasteiger partial charge in [-0.1, -0.05) is 13.8 Å². The number of hydrogen-bond acceptors (Lipinski definition) is 5. The monoisotopic (exact) mass is 354 g/mol. The highest BCUT2D eigenvalue weighted by atomic mass is 79.9. The fraction of sp³-hybridized carbons (Fsp3) is 0.429. The minimum absolute atomic E-state index is 0.364. The molecule has 6 heteroatoms. The van der Waals surface area contributed by atoms with Crippen LogP contribution in [0.3, 0.4) is 0 Å². The summed E-state index contributed by atoms with van der Waals surface area (Å²) in [5, 5.41) is 6.73. The fourth-order valence-corrected chi connectivity index (χ4v) is 3.43. The predicted octanol–water partition coefficient (Wildman–Crippen LogP) is 4.47. The zero-order valence-corrected chi connectivity index (χ0v) is 14.3. The Kier molecular flexibility index (Phi) is 5.37. The Labute approximate surface area is 132 Å². The van der Waals surface area contributed by atoms with E-state index in [9.17, 15) is 0 Å². The number of anilines is 2. The van der Waals surface area contributed by atoms with Crippen molar-refractivity contribution < 1.29 is 0 Å². The molecule has 0 radical (unpaired) electrons. The fourth-order valence-electron chi connectivity index (χ4n) is 2.01. The molecule has 2 aromatic rings. The first kappa shape index (κ1) is 15.3.